The highest BCUT2D eigenvalue weighted by Gasteiger charge is 2.23. The predicted octanol–water partition coefficient (Wildman–Crippen LogP) is 1.62. The molecule has 1 N–H and O–H groups in total. The second-order valence-corrected chi connectivity index (χ2v) is 7.48. The maximum Gasteiger partial charge on any atom is 0.257 e. The number of nitrogens with one attached hydrogen (secondary N) is 1. The zero-order valence-corrected chi connectivity index (χ0v) is 17.7. The summed E-state index contributed by atoms with van der Waals surface area (Å²) in [7, 11) is 4.16. The Kier molecular flexibility index (Phi) is 8.01. The topological polar surface area (TPSA) is 75.6 Å². The smallest absolute Gasteiger partial charge is 0.257 e. The van der Waals surface area contributed by atoms with Crippen LogP contribution in [-0.4, -0.2) is 79.4 Å². The van der Waals surface area contributed by atoms with Crippen molar-refractivity contribution in [2.45, 2.75) is 25.8 Å². The maximum absolute atomic E-state index is 5.95. The maximum atomic E-state index is 5.95. The third-order valence-corrected chi connectivity index (χ3v) is 4.87. The van der Waals surface area contributed by atoms with Crippen LogP contribution in [0.25, 0.3) is 0 Å². The second kappa shape index (κ2) is 10.9. The van der Waals surface area contributed by atoms with Crippen LogP contribution in [-0.2, 0) is 6.42 Å². The summed E-state index contributed by atoms with van der Waals surface area (Å²) in [6, 6.07) is 4.21. The minimum absolute atomic E-state index is 0.346. The van der Waals surface area contributed by atoms with E-state index < -0.39 is 0 Å². The highest BCUT2D eigenvalue weighted by atomic mass is 16.5. The number of hydrogen-bond acceptors (Lipinski definition) is 8. The van der Waals surface area contributed by atoms with Gasteiger partial charge in [-0.2, -0.15) is 0 Å². The fraction of sp³-hybridized carbons (Fsp3) is 0.571. The monoisotopic (exact) mass is 400 g/mol. The van der Waals surface area contributed by atoms with E-state index in [4.69, 9.17) is 9.47 Å². The molecule has 2 aromatic rings. The lowest BCUT2D eigenvalue weighted by Gasteiger charge is -2.35. The molecule has 1 aliphatic heterocycles. The summed E-state index contributed by atoms with van der Waals surface area (Å²) in [6.07, 6.45) is 7.13. The van der Waals surface area contributed by atoms with Crippen molar-refractivity contribution in [2.24, 2.45) is 0 Å². The van der Waals surface area contributed by atoms with Crippen LogP contribution in [0.15, 0.2) is 30.7 Å². The second-order valence-electron chi connectivity index (χ2n) is 7.48. The molecule has 1 fully saturated rings. The van der Waals surface area contributed by atoms with E-state index in [2.05, 4.69) is 51.1 Å². The van der Waals surface area contributed by atoms with Crippen LogP contribution in [0.5, 0.6) is 11.6 Å². The summed E-state index contributed by atoms with van der Waals surface area (Å²) in [5, 5.41) is 3.39. The third-order valence-electron chi connectivity index (χ3n) is 4.87. The number of rotatable bonds is 10. The average molecular weight is 401 g/mol. The van der Waals surface area contributed by atoms with E-state index in [-0.39, 0.29) is 0 Å². The van der Waals surface area contributed by atoms with E-state index in [9.17, 15) is 0 Å². The minimum atomic E-state index is 0.346. The van der Waals surface area contributed by atoms with Gasteiger partial charge in [-0.15, -0.1) is 0 Å². The molecule has 3 heterocycles. The van der Waals surface area contributed by atoms with Gasteiger partial charge in [-0.05, 0) is 52.5 Å². The molecule has 0 amide bonds. The predicted molar refractivity (Wildman–Crippen MR) is 114 cm³/mol. The number of aryl methyl sites for hydroxylation is 1. The van der Waals surface area contributed by atoms with Gasteiger partial charge in [-0.1, -0.05) is 0 Å². The van der Waals surface area contributed by atoms with Crippen molar-refractivity contribution in [1.82, 2.24) is 25.2 Å². The highest BCUT2D eigenvalue weighted by Crippen LogP contribution is 2.25. The molecule has 0 spiro atoms. The van der Waals surface area contributed by atoms with Crippen LogP contribution in [0.3, 0.4) is 0 Å². The van der Waals surface area contributed by atoms with Gasteiger partial charge in [0.05, 0.1) is 5.69 Å². The molecular formula is C21H32N6O2. The lowest BCUT2D eigenvalue weighted by Crippen LogP contribution is -2.50. The Morgan fingerprint density at radius 2 is 1.97 bits per heavy atom. The first-order valence-electron chi connectivity index (χ1n) is 10.3. The summed E-state index contributed by atoms with van der Waals surface area (Å²) in [4.78, 5) is 17.8. The largest absolute Gasteiger partial charge is 0.488 e. The lowest BCUT2D eigenvalue weighted by atomic mass is 10.2. The molecule has 1 aliphatic rings. The Labute approximate surface area is 173 Å². The number of anilines is 1. The fourth-order valence-corrected chi connectivity index (χ4v) is 3.37. The van der Waals surface area contributed by atoms with E-state index >= 15 is 0 Å². The van der Waals surface area contributed by atoms with Crippen molar-refractivity contribution < 1.29 is 9.47 Å². The molecule has 0 aliphatic carbocycles. The Bertz CT molecular complexity index is 757. The number of hydrogen-bond donors (Lipinski definition) is 1. The molecule has 0 saturated carbocycles. The molecule has 0 unspecified atom stereocenters. The minimum Gasteiger partial charge on any atom is -0.488 e. The summed E-state index contributed by atoms with van der Waals surface area (Å²) in [5.74, 6) is 2.18. The van der Waals surface area contributed by atoms with Crippen LogP contribution in [0, 0.1) is 0 Å². The number of ether oxygens (including phenoxy) is 2. The van der Waals surface area contributed by atoms with Crippen molar-refractivity contribution in [3.05, 3.63) is 36.4 Å². The molecule has 0 radical (unpaired) electrons. The first-order valence-corrected chi connectivity index (χ1v) is 10.3. The molecule has 29 heavy (non-hydrogen) atoms. The lowest BCUT2D eigenvalue weighted by molar-refractivity contribution is 0.209. The molecule has 0 aromatic carbocycles. The molecule has 3 rings (SSSR count). The van der Waals surface area contributed by atoms with E-state index in [1.807, 2.05) is 18.3 Å². The standard InChI is InChI=1S/C21H32N6O2/c1-17-16-22-11-13-27(17)20-21(25-10-9-24-20)29-15-14-28-19-7-4-8-23-18(19)6-5-12-26(2)3/h4,7-10,17,22H,5-6,11-16H2,1-3H3/t17-/m1/s1. The number of aromatic nitrogens is 3. The van der Waals surface area contributed by atoms with Gasteiger partial charge in [0, 0.05) is 44.3 Å². The van der Waals surface area contributed by atoms with Gasteiger partial charge in [-0.3, -0.25) is 4.98 Å². The first kappa shape index (κ1) is 21.3. The molecule has 2 aromatic heterocycles. The van der Waals surface area contributed by atoms with E-state index in [0.29, 0.717) is 25.1 Å². The van der Waals surface area contributed by atoms with Crippen molar-refractivity contribution >= 4 is 5.82 Å². The zero-order valence-electron chi connectivity index (χ0n) is 17.7. The van der Waals surface area contributed by atoms with Gasteiger partial charge in [0.15, 0.2) is 5.82 Å². The Balaban J connectivity index is 1.53. The third kappa shape index (κ3) is 6.27. The van der Waals surface area contributed by atoms with Crippen LogP contribution >= 0.6 is 0 Å². The summed E-state index contributed by atoms with van der Waals surface area (Å²) >= 11 is 0. The fourth-order valence-electron chi connectivity index (χ4n) is 3.37. The zero-order chi connectivity index (χ0) is 20.5. The van der Waals surface area contributed by atoms with E-state index in [1.54, 1.807) is 12.4 Å². The summed E-state index contributed by atoms with van der Waals surface area (Å²) in [6.45, 7) is 6.78. The van der Waals surface area contributed by atoms with Crippen molar-refractivity contribution in [3.63, 3.8) is 0 Å². The van der Waals surface area contributed by atoms with Gasteiger partial charge in [-0.25, -0.2) is 9.97 Å². The molecule has 8 heteroatoms. The molecule has 0 bridgehead atoms. The molecular weight excluding hydrogens is 368 g/mol. The van der Waals surface area contributed by atoms with E-state index in [0.717, 1.165) is 56.3 Å². The van der Waals surface area contributed by atoms with E-state index in [1.165, 1.54) is 0 Å². The van der Waals surface area contributed by atoms with Crippen molar-refractivity contribution in [3.8, 4) is 11.6 Å². The van der Waals surface area contributed by atoms with Crippen molar-refractivity contribution in [1.29, 1.82) is 0 Å². The molecule has 8 nitrogen and oxygen atoms in total. The number of piperazine rings is 1. The van der Waals surface area contributed by atoms with Crippen molar-refractivity contribution in [2.75, 3.05) is 58.4 Å². The van der Waals surface area contributed by atoms with Crippen LogP contribution in [0.1, 0.15) is 19.0 Å². The first-order chi connectivity index (χ1) is 14.1. The van der Waals surface area contributed by atoms with Gasteiger partial charge < -0.3 is 24.6 Å². The number of nitrogens with zero attached hydrogens (tertiary/aromatic N) is 5. The Morgan fingerprint density at radius 3 is 2.79 bits per heavy atom. The quantitative estimate of drug-likeness (QED) is 0.603. The normalized spacial score (nSPS) is 16.8. The SMILES string of the molecule is C[C@@H]1CNCCN1c1nccnc1OCCOc1cccnc1CCCN(C)C. The Morgan fingerprint density at radius 1 is 1.14 bits per heavy atom. The summed E-state index contributed by atoms with van der Waals surface area (Å²) in [5.41, 5.74) is 0.990. The molecule has 158 valence electrons. The van der Waals surface area contributed by atoms with Gasteiger partial charge >= 0.3 is 0 Å². The van der Waals surface area contributed by atoms with Crippen LogP contribution < -0.4 is 19.7 Å². The Hall–Kier alpha value is -2.45. The number of pyridine rings is 1. The highest BCUT2D eigenvalue weighted by molar-refractivity contribution is 5.49. The average Bonchev–Trinajstić information content (AvgIpc) is 2.73. The van der Waals surface area contributed by atoms with Crippen LogP contribution in [0.4, 0.5) is 5.82 Å². The summed E-state index contributed by atoms with van der Waals surface area (Å²) < 4.78 is 11.9. The van der Waals surface area contributed by atoms with Gasteiger partial charge in [0.1, 0.15) is 19.0 Å². The van der Waals surface area contributed by atoms with Gasteiger partial charge in [0.25, 0.3) is 5.88 Å². The van der Waals surface area contributed by atoms with Crippen LogP contribution in [0.2, 0.25) is 0 Å². The molecule has 1 saturated heterocycles. The molecule has 1 atom stereocenters. The van der Waals surface area contributed by atoms with Gasteiger partial charge in [0.2, 0.25) is 0 Å².